The van der Waals surface area contributed by atoms with Crippen molar-refractivity contribution in [1.29, 1.82) is 0 Å². The van der Waals surface area contributed by atoms with Crippen molar-refractivity contribution in [3.63, 3.8) is 0 Å². The van der Waals surface area contributed by atoms with E-state index in [1.54, 1.807) is 36.5 Å². The first-order chi connectivity index (χ1) is 16.1. The summed E-state index contributed by atoms with van der Waals surface area (Å²) in [5.74, 6) is -0.224. The summed E-state index contributed by atoms with van der Waals surface area (Å²) in [7, 11) is 0. The van der Waals surface area contributed by atoms with Crippen molar-refractivity contribution >= 4 is 39.0 Å². The number of ether oxygens (including phenoxy) is 2. The van der Waals surface area contributed by atoms with E-state index in [0.29, 0.717) is 23.8 Å². The number of rotatable bonds is 7. The average molecular weight is 465 g/mol. The van der Waals surface area contributed by atoms with Gasteiger partial charge in [-0.2, -0.15) is 0 Å². The van der Waals surface area contributed by atoms with Crippen LogP contribution < -0.4 is 5.32 Å². The molecule has 0 radical (unpaired) electrons. The van der Waals surface area contributed by atoms with Crippen molar-refractivity contribution in [2.75, 3.05) is 31.6 Å². The first kappa shape index (κ1) is 21.9. The zero-order chi connectivity index (χ0) is 22.8. The SMILES string of the molecule is CCOC(=O)c1cccc(NC(C(=O)OC2CN3CCC2CC3)c2csc3ccccc23)c1. The molecule has 2 unspecified atom stereocenters. The quantitative estimate of drug-likeness (QED) is 0.503. The number of esters is 2. The highest BCUT2D eigenvalue weighted by atomic mass is 32.1. The van der Waals surface area contributed by atoms with Gasteiger partial charge in [0.15, 0.2) is 6.04 Å². The Balaban J connectivity index is 1.44. The third-order valence-corrected chi connectivity index (χ3v) is 7.59. The monoisotopic (exact) mass is 464 g/mol. The third kappa shape index (κ3) is 4.61. The smallest absolute Gasteiger partial charge is 0.338 e. The predicted molar refractivity (Wildman–Crippen MR) is 130 cm³/mol. The first-order valence-corrected chi connectivity index (χ1v) is 12.4. The van der Waals surface area contributed by atoms with Gasteiger partial charge in [0.25, 0.3) is 0 Å². The van der Waals surface area contributed by atoms with E-state index in [2.05, 4.69) is 16.3 Å². The number of thiophene rings is 1. The fraction of sp³-hybridized carbons (Fsp3) is 0.385. The van der Waals surface area contributed by atoms with Crippen molar-refractivity contribution in [3.05, 3.63) is 65.0 Å². The molecule has 0 spiro atoms. The molecule has 1 N–H and O–H groups in total. The van der Waals surface area contributed by atoms with E-state index in [0.717, 1.165) is 48.1 Å². The van der Waals surface area contributed by atoms with Gasteiger partial charge in [-0.15, -0.1) is 11.3 Å². The lowest BCUT2D eigenvalue weighted by Gasteiger charge is -2.44. The zero-order valence-corrected chi connectivity index (χ0v) is 19.5. The lowest BCUT2D eigenvalue weighted by atomic mass is 9.86. The summed E-state index contributed by atoms with van der Waals surface area (Å²) in [5, 5.41) is 6.41. The summed E-state index contributed by atoms with van der Waals surface area (Å²) in [4.78, 5) is 28.2. The number of piperidine rings is 3. The number of benzene rings is 2. The molecule has 2 atom stereocenters. The highest BCUT2D eigenvalue weighted by molar-refractivity contribution is 7.17. The standard InChI is InChI=1S/C26H28N2O4S/c1-2-31-25(29)18-6-5-7-19(14-18)27-24(21-16-33-23-9-4-3-8-20(21)23)26(30)32-22-15-28-12-10-17(22)11-13-28/h3-9,14,16-17,22,24,27H,2,10-13,15H2,1H3. The molecule has 2 aromatic carbocycles. The molecule has 2 bridgehead atoms. The Morgan fingerprint density at radius 1 is 1.15 bits per heavy atom. The number of anilines is 1. The van der Waals surface area contributed by atoms with E-state index in [4.69, 9.17) is 9.47 Å². The second-order valence-electron chi connectivity index (χ2n) is 8.68. The maximum atomic E-state index is 13.6. The van der Waals surface area contributed by atoms with E-state index >= 15 is 0 Å². The van der Waals surface area contributed by atoms with Crippen LogP contribution in [0.15, 0.2) is 53.9 Å². The summed E-state index contributed by atoms with van der Waals surface area (Å²) >= 11 is 1.61. The number of hydrogen-bond acceptors (Lipinski definition) is 7. The largest absolute Gasteiger partial charge is 0.462 e. The molecule has 33 heavy (non-hydrogen) atoms. The highest BCUT2D eigenvalue weighted by Gasteiger charge is 2.38. The highest BCUT2D eigenvalue weighted by Crippen LogP contribution is 2.35. The lowest BCUT2D eigenvalue weighted by Crippen LogP contribution is -2.52. The molecule has 0 saturated carbocycles. The van der Waals surface area contributed by atoms with Gasteiger partial charge >= 0.3 is 11.9 Å². The molecule has 3 saturated heterocycles. The van der Waals surface area contributed by atoms with Crippen molar-refractivity contribution in [2.24, 2.45) is 5.92 Å². The van der Waals surface area contributed by atoms with Crippen LogP contribution in [-0.4, -0.2) is 49.2 Å². The number of hydrogen-bond donors (Lipinski definition) is 1. The predicted octanol–water partition coefficient (Wildman–Crippen LogP) is 4.87. The zero-order valence-electron chi connectivity index (χ0n) is 18.7. The number of carbonyl (C=O) groups is 2. The minimum absolute atomic E-state index is 0.0694. The molecule has 172 valence electrons. The van der Waals surface area contributed by atoms with Gasteiger partial charge in [-0.1, -0.05) is 24.3 Å². The van der Waals surface area contributed by atoms with E-state index in [1.165, 1.54) is 0 Å². The van der Waals surface area contributed by atoms with Crippen LogP contribution in [0.2, 0.25) is 0 Å². The van der Waals surface area contributed by atoms with Crippen LogP contribution in [0.5, 0.6) is 0 Å². The Labute approximate surface area is 197 Å². The van der Waals surface area contributed by atoms with Gasteiger partial charge in [0.2, 0.25) is 0 Å². The first-order valence-electron chi connectivity index (χ1n) is 11.5. The maximum Gasteiger partial charge on any atom is 0.338 e. The average Bonchev–Trinajstić information content (AvgIpc) is 3.27. The Kier molecular flexibility index (Phi) is 6.33. The minimum Gasteiger partial charge on any atom is -0.462 e. The van der Waals surface area contributed by atoms with Gasteiger partial charge in [0.1, 0.15) is 6.10 Å². The third-order valence-electron chi connectivity index (χ3n) is 6.61. The van der Waals surface area contributed by atoms with Gasteiger partial charge in [0, 0.05) is 22.5 Å². The van der Waals surface area contributed by atoms with Crippen LogP contribution in [-0.2, 0) is 14.3 Å². The van der Waals surface area contributed by atoms with E-state index < -0.39 is 6.04 Å². The second-order valence-corrected chi connectivity index (χ2v) is 9.59. The van der Waals surface area contributed by atoms with Crippen molar-refractivity contribution in [3.8, 4) is 0 Å². The number of nitrogens with zero attached hydrogens (tertiary/aromatic N) is 1. The summed E-state index contributed by atoms with van der Waals surface area (Å²) < 4.78 is 12.4. The van der Waals surface area contributed by atoms with Gasteiger partial charge in [-0.25, -0.2) is 9.59 Å². The lowest BCUT2D eigenvalue weighted by molar-refractivity contribution is -0.159. The molecule has 3 fully saturated rings. The summed E-state index contributed by atoms with van der Waals surface area (Å²) in [5.41, 5.74) is 2.01. The maximum absolute atomic E-state index is 13.6. The molecule has 3 aliphatic rings. The summed E-state index contributed by atoms with van der Waals surface area (Å²) in [6.45, 7) is 5.09. The van der Waals surface area contributed by atoms with Crippen LogP contribution in [0.3, 0.4) is 0 Å². The number of fused-ring (bicyclic) bond motifs is 4. The molecule has 3 aromatic rings. The molecule has 3 aliphatic heterocycles. The van der Waals surface area contributed by atoms with Crippen LogP contribution in [0.1, 0.15) is 41.7 Å². The van der Waals surface area contributed by atoms with Crippen molar-refractivity contribution < 1.29 is 19.1 Å². The molecule has 0 aliphatic carbocycles. The Morgan fingerprint density at radius 2 is 1.97 bits per heavy atom. The second kappa shape index (κ2) is 9.53. The van der Waals surface area contributed by atoms with Gasteiger partial charge < -0.3 is 14.8 Å². The Morgan fingerprint density at radius 3 is 2.73 bits per heavy atom. The molecule has 6 rings (SSSR count). The molecular weight excluding hydrogens is 436 g/mol. The van der Waals surface area contributed by atoms with E-state index in [9.17, 15) is 9.59 Å². The fourth-order valence-corrected chi connectivity index (χ4v) is 5.85. The van der Waals surface area contributed by atoms with Crippen LogP contribution in [0.25, 0.3) is 10.1 Å². The number of carbonyl (C=O) groups excluding carboxylic acids is 2. The van der Waals surface area contributed by atoms with Crippen LogP contribution in [0, 0.1) is 5.92 Å². The van der Waals surface area contributed by atoms with E-state index in [1.807, 2.05) is 29.6 Å². The molecular formula is C26H28N2O4S. The number of nitrogens with one attached hydrogen (secondary N) is 1. The molecule has 0 amide bonds. The summed E-state index contributed by atoms with van der Waals surface area (Å²) in [6.07, 6.45) is 2.10. The molecule has 7 heteroatoms. The van der Waals surface area contributed by atoms with Crippen molar-refractivity contribution in [2.45, 2.75) is 31.9 Å². The van der Waals surface area contributed by atoms with Gasteiger partial charge in [-0.3, -0.25) is 4.90 Å². The summed E-state index contributed by atoms with van der Waals surface area (Å²) in [6, 6.07) is 14.5. The fourth-order valence-electron chi connectivity index (χ4n) is 4.86. The molecule has 1 aromatic heterocycles. The van der Waals surface area contributed by atoms with E-state index in [-0.39, 0.29) is 18.0 Å². The van der Waals surface area contributed by atoms with Crippen molar-refractivity contribution in [1.82, 2.24) is 4.90 Å². The van der Waals surface area contributed by atoms with Gasteiger partial charge in [-0.05, 0) is 73.8 Å². The normalized spacial score (nSPS) is 22.6. The topological polar surface area (TPSA) is 67.9 Å². The van der Waals surface area contributed by atoms with Crippen LogP contribution >= 0.6 is 11.3 Å². The Hall–Kier alpha value is -2.90. The van der Waals surface area contributed by atoms with Crippen LogP contribution in [0.4, 0.5) is 5.69 Å². The molecule has 6 nitrogen and oxygen atoms in total. The van der Waals surface area contributed by atoms with Gasteiger partial charge in [0.05, 0.1) is 12.2 Å². The minimum atomic E-state index is -0.672. The Bertz CT molecular complexity index is 1150. The molecule has 4 heterocycles.